The smallest absolute Gasteiger partial charge is 0.0235 e. The van der Waals surface area contributed by atoms with Gasteiger partial charge >= 0.3 is 0 Å². The monoisotopic (exact) mass is 376 g/mol. The van der Waals surface area contributed by atoms with E-state index in [1.165, 1.54) is 89.9 Å². The van der Waals surface area contributed by atoms with Gasteiger partial charge in [0.2, 0.25) is 0 Å². The molecule has 0 N–H and O–H groups in total. The molecule has 28 heavy (non-hydrogen) atoms. The average molecular weight is 377 g/mol. The minimum atomic E-state index is 1.28. The molecule has 0 atom stereocenters. The molecule has 2 aromatic rings. The van der Waals surface area contributed by atoms with Gasteiger partial charge in [0.25, 0.3) is 0 Å². The molecule has 0 aromatic heterocycles. The molecule has 2 aliphatic rings. The normalized spacial score (nSPS) is 13.5. The van der Waals surface area contributed by atoms with Crippen molar-refractivity contribution in [3.8, 4) is 0 Å². The Bertz CT molecular complexity index is 725. The van der Waals surface area contributed by atoms with Crippen molar-refractivity contribution in [2.24, 2.45) is 0 Å². The molecule has 0 saturated heterocycles. The molecule has 0 heterocycles. The van der Waals surface area contributed by atoms with Crippen LogP contribution in [-0.4, -0.2) is 0 Å². The van der Waals surface area contributed by atoms with Gasteiger partial charge in [0.1, 0.15) is 0 Å². The van der Waals surface area contributed by atoms with Crippen molar-refractivity contribution < 1.29 is 0 Å². The largest absolute Gasteiger partial charge is 0.0654 e. The average Bonchev–Trinajstić information content (AvgIpc) is 2.66. The van der Waals surface area contributed by atoms with Gasteiger partial charge in [0.15, 0.2) is 0 Å². The molecule has 0 heteroatoms. The topological polar surface area (TPSA) is 0 Å². The van der Waals surface area contributed by atoms with Crippen LogP contribution < -0.4 is 0 Å². The van der Waals surface area contributed by atoms with Crippen molar-refractivity contribution in [1.82, 2.24) is 0 Å². The lowest BCUT2D eigenvalue weighted by Gasteiger charge is -2.19. The van der Waals surface area contributed by atoms with E-state index in [-0.39, 0.29) is 0 Å². The molecule has 0 unspecified atom stereocenters. The van der Waals surface area contributed by atoms with Crippen LogP contribution in [0, 0.1) is 0 Å². The number of unbranched alkanes of at least 4 members (excludes halogenated alkanes) is 6. The third-order valence-corrected chi connectivity index (χ3v) is 6.51. The quantitative estimate of drug-likeness (QED) is 0.371. The highest BCUT2D eigenvalue weighted by Gasteiger charge is 2.13. The predicted octanol–water partition coefficient (Wildman–Crippen LogP) is 7.82. The van der Waals surface area contributed by atoms with Crippen LogP contribution in [0.5, 0.6) is 0 Å². The van der Waals surface area contributed by atoms with Gasteiger partial charge in [-0.3, -0.25) is 0 Å². The number of benzene rings is 2. The van der Waals surface area contributed by atoms with Crippen LogP contribution in [0.1, 0.15) is 98.6 Å². The maximum absolute atomic E-state index is 2.43. The minimum absolute atomic E-state index is 1.28. The highest BCUT2D eigenvalue weighted by atomic mass is 14.2. The Morgan fingerprint density at radius 2 is 0.929 bits per heavy atom. The Balaban J connectivity index is 0.000000162. The number of aryl methyl sites for hydroxylation is 6. The molecule has 0 aliphatic heterocycles. The molecule has 152 valence electrons. The van der Waals surface area contributed by atoms with Gasteiger partial charge in [-0.1, -0.05) is 88.8 Å². The molecule has 0 bridgehead atoms. The SMILES string of the molecule is CCCCCCCc1ccc2c(c1)CC2.CCCCCc1ccc2c(c1)CC2. The zero-order valence-corrected chi connectivity index (χ0v) is 18.4. The zero-order valence-electron chi connectivity index (χ0n) is 18.4. The Labute approximate surface area is 173 Å². The van der Waals surface area contributed by atoms with Crippen LogP contribution in [0.15, 0.2) is 36.4 Å². The molecule has 2 aliphatic carbocycles. The summed E-state index contributed by atoms with van der Waals surface area (Å²) in [5.41, 5.74) is 9.50. The van der Waals surface area contributed by atoms with Gasteiger partial charge in [-0.25, -0.2) is 0 Å². The summed E-state index contributed by atoms with van der Waals surface area (Å²) in [4.78, 5) is 0. The molecule has 0 radical (unpaired) electrons. The maximum Gasteiger partial charge on any atom is -0.0235 e. The van der Waals surface area contributed by atoms with Crippen molar-refractivity contribution in [2.75, 3.05) is 0 Å². The molecule has 2 aromatic carbocycles. The summed E-state index contributed by atoms with van der Waals surface area (Å²) in [5, 5.41) is 0. The highest BCUT2D eigenvalue weighted by Crippen LogP contribution is 2.25. The number of hydrogen-bond donors (Lipinski definition) is 0. The molecule has 4 rings (SSSR count). The number of fused-ring (bicyclic) bond motifs is 2. The second-order valence-electron chi connectivity index (χ2n) is 8.83. The Morgan fingerprint density at radius 3 is 1.36 bits per heavy atom. The van der Waals surface area contributed by atoms with E-state index >= 15 is 0 Å². The molecule has 0 nitrogen and oxygen atoms in total. The van der Waals surface area contributed by atoms with E-state index in [2.05, 4.69) is 50.2 Å². The van der Waals surface area contributed by atoms with Crippen LogP contribution in [0.3, 0.4) is 0 Å². The first-order valence-corrected chi connectivity index (χ1v) is 12.0. The van der Waals surface area contributed by atoms with Crippen molar-refractivity contribution in [3.05, 3.63) is 69.8 Å². The molecule has 0 fully saturated rings. The molecule has 0 amide bonds. The first kappa shape index (κ1) is 21.2. The van der Waals surface area contributed by atoms with Gasteiger partial charge < -0.3 is 0 Å². The summed E-state index contributed by atoms with van der Waals surface area (Å²) in [5.74, 6) is 0. The van der Waals surface area contributed by atoms with Crippen LogP contribution in [-0.2, 0) is 38.5 Å². The van der Waals surface area contributed by atoms with E-state index in [0.29, 0.717) is 0 Å². The van der Waals surface area contributed by atoms with Gasteiger partial charge in [0.05, 0.1) is 0 Å². The van der Waals surface area contributed by atoms with Crippen molar-refractivity contribution in [1.29, 1.82) is 0 Å². The zero-order chi connectivity index (χ0) is 19.6. The summed E-state index contributed by atoms with van der Waals surface area (Å²) < 4.78 is 0. The van der Waals surface area contributed by atoms with E-state index in [9.17, 15) is 0 Å². The van der Waals surface area contributed by atoms with E-state index in [0.717, 1.165) is 0 Å². The number of rotatable bonds is 10. The maximum atomic E-state index is 2.43. The fraction of sp³-hybridized carbons (Fsp3) is 0.571. The Morgan fingerprint density at radius 1 is 0.500 bits per heavy atom. The standard InChI is InChI=1S/C15H22.C13H18/c1-2-3-4-5-6-7-13-8-9-14-10-11-15(14)12-13;1-2-3-4-5-11-6-7-12-8-9-13(12)10-11/h8-9,12H,2-7,10-11H2,1H3;6-7,10H,2-5,8-9H2,1H3. The van der Waals surface area contributed by atoms with Crippen LogP contribution in [0.25, 0.3) is 0 Å². The van der Waals surface area contributed by atoms with Crippen LogP contribution >= 0.6 is 0 Å². The third-order valence-electron chi connectivity index (χ3n) is 6.51. The molecule has 0 saturated carbocycles. The first-order valence-electron chi connectivity index (χ1n) is 12.0. The minimum Gasteiger partial charge on any atom is -0.0654 e. The predicted molar refractivity (Wildman–Crippen MR) is 123 cm³/mol. The Kier molecular flexibility index (Phi) is 8.65. The Hall–Kier alpha value is -1.56. The van der Waals surface area contributed by atoms with Gasteiger partial charge in [-0.2, -0.15) is 0 Å². The fourth-order valence-electron chi connectivity index (χ4n) is 4.32. The summed E-state index contributed by atoms with van der Waals surface area (Å²) in [6.07, 6.45) is 18.8. The lowest BCUT2D eigenvalue weighted by atomic mass is 9.86. The van der Waals surface area contributed by atoms with E-state index in [4.69, 9.17) is 0 Å². The van der Waals surface area contributed by atoms with Gasteiger partial charge in [0, 0.05) is 0 Å². The van der Waals surface area contributed by atoms with Gasteiger partial charge in [-0.15, -0.1) is 0 Å². The first-order chi connectivity index (χ1) is 13.8. The summed E-state index contributed by atoms with van der Waals surface area (Å²) in [6.45, 7) is 4.54. The second kappa shape index (κ2) is 11.4. The van der Waals surface area contributed by atoms with Crippen LogP contribution in [0.2, 0.25) is 0 Å². The lowest BCUT2D eigenvalue weighted by molar-refractivity contribution is 0.631. The van der Waals surface area contributed by atoms with E-state index in [1.807, 2.05) is 0 Å². The van der Waals surface area contributed by atoms with Crippen molar-refractivity contribution in [3.63, 3.8) is 0 Å². The summed E-state index contributed by atoms with van der Waals surface area (Å²) in [7, 11) is 0. The molecular formula is C28H40. The highest BCUT2D eigenvalue weighted by molar-refractivity contribution is 5.39. The number of hydrogen-bond acceptors (Lipinski definition) is 0. The van der Waals surface area contributed by atoms with Crippen molar-refractivity contribution >= 4 is 0 Å². The van der Waals surface area contributed by atoms with Gasteiger partial charge in [-0.05, 0) is 84.7 Å². The van der Waals surface area contributed by atoms with E-state index in [1.54, 1.807) is 33.4 Å². The molecular weight excluding hydrogens is 336 g/mol. The second-order valence-corrected chi connectivity index (χ2v) is 8.83. The summed E-state index contributed by atoms with van der Waals surface area (Å²) >= 11 is 0. The lowest BCUT2D eigenvalue weighted by Crippen LogP contribution is -2.08. The van der Waals surface area contributed by atoms with E-state index < -0.39 is 0 Å². The van der Waals surface area contributed by atoms with Crippen molar-refractivity contribution in [2.45, 2.75) is 104 Å². The summed E-state index contributed by atoms with van der Waals surface area (Å²) in [6, 6.07) is 14.1. The van der Waals surface area contributed by atoms with Crippen LogP contribution in [0.4, 0.5) is 0 Å². The fourth-order valence-corrected chi connectivity index (χ4v) is 4.32. The third kappa shape index (κ3) is 6.23. The molecule has 0 spiro atoms.